The maximum Gasteiger partial charge on any atom is 0.125 e. The van der Waals surface area contributed by atoms with Gasteiger partial charge >= 0.3 is 0 Å². The molecule has 2 fully saturated rings. The second-order valence-corrected chi connectivity index (χ2v) is 8.80. The van der Waals surface area contributed by atoms with Gasteiger partial charge in [-0.25, -0.2) is 9.37 Å². The van der Waals surface area contributed by atoms with Crippen LogP contribution in [-0.2, 0) is 6.54 Å². The number of aromatic nitrogens is 1. The maximum atomic E-state index is 13.8. The molecule has 0 saturated carbocycles. The molecule has 3 nitrogen and oxygen atoms in total. The fourth-order valence-corrected chi connectivity index (χ4v) is 5.12. The van der Waals surface area contributed by atoms with E-state index in [1.54, 1.807) is 0 Å². The molecule has 4 heteroatoms. The van der Waals surface area contributed by atoms with Crippen LogP contribution in [0.15, 0.2) is 54.6 Å². The Morgan fingerprint density at radius 2 is 1.63 bits per heavy atom. The zero-order chi connectivity index (χ0) is 20.3. The smallest absolute Gasteiger partial charge is 0.125 e. The first-order chi connectivity index (χ1) is 14.8. The molecule has 0 N–H and O–H groups in total. The van der Waals surface area contributed by atoms with E-state index in [0.29, 0.717) is 0 Å². The highest BCUT2D eigenvalue weighted by atomic mass is 19.1. The number of hydrogen-bond donors (Lipinski definition) is 0. The van der Waals surface area contributed by atoms with Crippen molar-refractivity contribution in [2.75, 3.05) is 26.2 Å². The van der Waals surface area contributed by atoms with E-state index in [9.17, 15) is 4.39 Å². The standard InChI is InChI=1S/C26H30FN3/c27-23-10-9-21-17-22(26(28-25(21)18-23)20-7-3-1-4-8-20)19-29-15-11-24(12-16-29)30-13-5-2-6-14-30/h1,3-4,7-10,17-18,24H,2,5-6,11-16,19H2. The predicted molar refractivity (Wildman–Crippen MR) is 121 cm³/mol. The fraction of sp³-hybridized carbons (Fsp3) is 0.423. The lowest BCUT2D eigenvalue weighted by Crippen LogP contribution is -2.46. The highest BCUT2D eigenvalue weighted by Crippen LogP contribution is 2.29. The van der Waals surface area contributed by atoms with Crippen LogP contribution in [0.25, 0.3) is 22.2 Å². The summed E-state index contributed by atoms with van der Waals surface area (Å²) in [6.07, 6.45) is 6.64. The summed E-state index contributed by atoms with van der Waals surface area (Å²) >= 11 is 0. The largest absolute Gasteiger partial charge is 0.300 e. The molecule has 156 valence electrons. The number of fused-ring (bicyclic) bond motifs is 1. The first-order valence-corrected chi connectivity index (χ1v) is 11.4. The molecule has 0 atom stereocenters. The van der Waals surface area contributed by atoms with E-state index in [1.165, 1.54) is 62.9 Å². The first-order valence-electron chi connectivity index (χ1n) is 11.4. The molecule has 0 spiro atoms. The van der Waals surface area contributed by atoms with Gasteiger partial charge in [0.25, 0.3) is 0 Å². The maximum absolute atomic E-state index is 13.8. The van der Waals surface area contributed by atoms with Crippen molar-refractivity contribution >= 4 is 10.9 Å². The van der Waals surface area contributed by atoms with E-state index in [1.807, 2.05) is 24.3 Å². The number of nitrogens with zero attached hydrogens (tertiary/aromatic N) is 3. The van der Waals surface area contributed by atoms with E-state index >= 15 is 0 Å². The van der Waals surface area contributed by atoms with Gasteiger partial charge in [0.2, 0.25) is 0 Å². The zero-order valence-corrected chi connectivity index (χ0v) is 17.6. The second-order valence-electron chi connectivity index (χ2n) is 8.80. The number of hydrogen-bond acceptors (Lipinski definition) is 3. The van der Waals surface area contributed by atoms with Crippen molar-refractivity contribution in [3.8, 4) is 11.3 Å². The third-order valence-electron chi connectivity index (χ3n) is 6.76. The normalized spacial score (nSPS) is 19.4. The molecule has 2 aliphatic rings. The summed E-state index contributed by atoms with van der Waals surface area (Å²) in [6, 6.07) is 18.2. The highest BCUT2D eigenvalue weighted by Gasteiger charge is 2.26. The number of halogens is 1. The van der Waals surface area contributed by atoms with Crippen molar-refractivity contribution in [2.24, 2.45) is 0 Å². The molecule has 5 rings (SSSR count). The molecule has 2 aliphatic heterocycles. The minimum Gasteiger partial charge on any atom is -0.300 e. The molecule has 0 unspecified atom stereocenters. The van der Waals surface area contributed by atoms with Gasteiger partial charge in [0.05, 0.1) is 11.2 Å². The van der Waals surface area contributed by atoms with Crippen LogP contribution < -0.4 is 0 Å². The van der Waals surface area contributed by atoms with E-state index in [2.05, 4.69) is 28.0 Å². The van der Waals surface area contributed by atoms with Crippen LogP contribution in [0.2, 0.25) is 0 Å². The van der Waals surface area contributed by atoms with Crippen LogP contribution in [-0.4, -0.2) is 47.0 Å². The average Bonchev–Trinajstić information content (AvgIpc) is 2.80. The minimum atomic E-state index is -0.235. The molecular formula is C26H30FN3. The quantitative estimate of drug-likeness (QED) is 0.574. The van der Waals surface area contributed by atoms with E-state index in [0.717, 1.165) is 47.8 Å². The van der Waals surface area contributed by atoms with Gasteiger partial charge in [0, 0.05) is 29.6 Å². The Morgan fingerprint density at radius 3 is 2.40 bits per heavy atom. The summed E-state index contributed by atoms with van der Waals surface area (Å²) in [5.41, 5.74) is 4.03. The third-order valence-corrected chi connectivity index (χ3v) is 6.76. The summed E-state index contributed by atoms with van der Waals surface area (Å²) in [4.78, 5) is 10.2. The molecule has 1 aromatic heterocycles. The van der Waals surface area contributed by atoms with Gasteiger partial charge < -0.3 is 4.90 Å². The van der Waals surface area contributed by atoms with Crippen LogP contribution in [0.3, 0.4) is 0 Å². The van der Waals surface area contributed by atoms with Gasteiger partial charge in [0.1, 0.15) is 5.82 Å². The predicted octanol–water partition coefficient (Wildman–Crippen LogP) is 5.49. The molecular weight excluding hydrogens is 373 g/mol. The van der Waals surface area contributed by atoms with Crippen molar-refractivity contribution in [1.82, 2.24) is 14.8 Å². The number of rotatable bonds is 4. The molecule has 0 amide bonds. The lowest BCUT2D eigenvalue weighted by molar-refractivity contribution is 0.0897. The molecule has 0 bridgehead atoms. The van der Waals surface area contributed by atoms with Crippen LogP contribution in [0.5, 0.6) is 0 Å². The first kappa shape index (κ1) is 19.7. The van der Waals surface area contributed by atoms with Gasteiger partial charge in [-0.05, 0) is 75.6 Å². The van der Waals surface area contributed by atoms with Crippen LogP contribution in [0, 0.1) is 5.82 Å². The molecule has 30 heavy (non-hydrogen) atoms. The van der Waals surface area contributed by atoms with Crippen LogP contribution in [0.4, 0.5) is 4.39 Å². The lowest BCUT2D eigenvalue weighted by Gasteiger charge is -2.40. The molecule has 2 saturated heterocycles. The van der Waals surface area contributed by atoms with Gasteiger partial charge in [-0.3, -0.25) is 4.90 Å². The molecule has 3 heterocycles. The summed E-state index contributed by atoms with van der Waals surface area (Å²) in [6.45, 7) is 5.74. The Kier molecular flexibility index (Phi) is 5.78. The zero-order valence-electron chi connectivity index (χ0n) is 17.6. The summed E-state index contributed by atoms with van der Waals surface area (Å²) in [5.74, 6) is -0.235. The van der Waals surface area contributed by atoms with E-state index in [4.69, 9.17) is 4.98 Å². The summed E-state index contributed by atoms with van der Waals surface area (Å²) < 4.78 is 13.8. The Labute approximate surface area is 178 Å². The minimum absolute atomic E-state index is 0.235. The molecule has 2 aromatic carbocycles. The monoisotopic (exact) mass is 403 g/mol. The average molecular weight is 404 g/mol. The Morgan fingerprint density at radius 1 is 0.867 bits per heavy atom. The van der Waals surface area contributed by atoms with Crippen molar-refractivity contribution in [3.05, 3.63) is 66.0 Å². The number of piperidine rings is 2. The molecule has 3 aromatic rings. The third kappa shape index (κ3) is 4.26. The second kappa shape index (κ2) is 8.83. The topological polar surface area (TPSA) is 19.4 Å². The number of pyridine rings is 1. The van der Waals surface area contributed by atoms with Crippen LogP contribution >= 0.6 is 0 Å². The van der Waals surface area contributed by atoms with Gasteiger partial charge in [0.15, 0.2) is 0 Å². The van der Waals surface area contributed by atoms with Crippen molar-refractivity contribution in [2.45, 2.75) is 44.7 Å². The fourth-order valence-electron chi connectivity index (χ4n) is 5.12. The van der Waals surface area contributed by atoms with Crippen molar-refractivity contribution in [3.63, 3.8) is 0 Å². The molecule has 0 radical (unpaired) electrons. The lowest BCUT2D eigenvalue weighted by atomic mass is 9.98. The highest BCUT2D eigenvalue weighted by molar-refractivity contribution is 5.83. The van der Waals surface area contributed by atoms with Gasteiger partial charge in [-0.15, -0.1) is 0 Å². The van der Waals surface area contributed by atoms with E-state index < -0.39 is 0 Å². The van der Waals surface area contributed by atoms with E-state index in [-0.39, 0.29) is 5.82 Å². The Hall–Kier alpha value is -2.30. The Bertz CT molecular complexity index is 990. The van der Waals surface area contributed by atoms with Crippen molar-refractivity contribution < 1.29 is 4.39 Å². The SMILES string of the molecule is Fc1ccc2cc(CN3CCC(N4CCCCC4)CC3)c(-c3ccccc3)nc2c1. The Balaban J connectivity index is 1.38. The van der Waals surface area contributed by atoms with Gasteiger partial charge in [-0.2, -0.15) is 0 Å². The summed E-state index contributed by atoms with van der Waals surface area (Å²) in [5, 5.41) is 1.01. The molecule has 0 aliphatic carbocycles. The van der Waals surface area contributed by atoms with Gasteiger partial charge in [-0.1, -0.05) is 36.8 Å². The van der Waals surface area contributed by atoms with Crippen molar-refractivity contribution in [1.29, 1.82) is 0 Å². The number of benzene rings is 2. The number of likely N-dealkylation sites (tertiary alicyclic amines) is 2. The summed E-state index contributed by atoms with van der Waals surface area (Å²) in [7, 11) is 0. The van der Waals surface area contributed by atoms with Crippen LogP contribution in [0.1, 0.15) is 37.7 Å².